The Hall–Kier alpha value is -3.75. The highest BCUT2D eigenvalue weighted by atomic mass is 16.4. The van der Waals surface area contributed by atoms with Crippen LogP contribution >= 0.6 is 0 Å². The van der Waals surface area contributed by atoms with Crippen LogP contribution in [-0.2, 0) is 30.4 Å². The van der Waals surface area contributed by atoms with Gasteiger partial charge in [0, 0.05) is 6.42 Å². The van der Waals surface area contributed by atoms with E-state index in [-0.39, 0.29) is 18.6 Å². The topological polar surface area (TPSA) is 260 Å². The zero-order valence-corrected chi connectivity index (χ0v) is 20.6. The van der Waals surface area contributed by atoms with Crippen molar-refractivity contribution < 1.29 is 39.3 Å². The van der Waals surface area contributed by atoms with Gasteiger partial charge in [-0.05, 0) is 50.4 Å². The number of carbonyl (C=O) groups excluding carboxylic acids is 4. The van der Waals surface area contributed by atoms with Gasteiger partial charge in [0.1, 0.15) is 17.8 Å². The Morgan fingerprint density at radius 2 is 1.49 bits per heavy atom. The summed E-state index contributed by atoms with van der Waals surface area (Å²) in [7, 11) is 0. The molecule has 14 nitrogen and oxygen atoms in total. The van der Waals surface area contributed by atoms with E-state index in [0.717, 1.165) is 0 Å². The number of carboxylic acid groups (broad SMARTS) is 1. The number of aliphatic hydroxyl groups is 1. The van der Waals surface area contributed by atoms with Crippen LogP contribution in [-0.4, -0.2) is 81.7 Å². The van der Waals surface area contributed by atoms with E-state index in [1.165, 1.54) is 31.2 Å². The third-order valence-electron chi connectivity index (χ3n) is 5.39. The number of nitrogens with one attached hydrogen (secondary N) is 3. The smallest absolute Gasteiger partial charge is 0.328 e. The van der Waals surface area contributed by atoms with Crippen LogP contribution in [0.1, 0.15) is 38.2 Å². The first-order chi connectivity index (χ1) is 17.3. The molecule has 37 heavy (non-hydrogen) atoms. The first kappa shape index (κ1) is 31.3. The minimum atomic E-state index is -1.61. The van der Waals surface area contributed by atoms with Crippen molar-refractivity contribution in [3.05, 3.63) is 29.8 Å². The van der Waals surface area contributed by atoms with Gasteiger partial charge in [-0.15, -0.1) is 0 Å². The maximum atomic E-state index is 13.2. The molecule has 0 aliphatic carbocycles. The molecule has 5 atom stereocenters. The number of amides is 4. The first-order valence-corrected chi connectivity index (χ1v) is 11.7. The van der Waals surface area contributed by atoms with Crippen LogP contribution in [0.3, 0.4) is 0 Å². The largest absolute Gasteiger partial charge is 0.508 e. The lowest BCUT2D eigenvalue weighted by Gasteiger charge is -2.26. The van der Waals surface area contributed by atoms with Crippen LogP contribution in [0, 0.1) is 0 Å². The lowest BCUT2D eigenvalue weighted by Crippen LogP contribution is -2.58. The molecule has 1 aromatic rings. The molecule has 12 N–H and O–H groups in total. The number of carbonyl (C=O) groups is 5. The summed E-state index contributed by atoms with van der Waals surface area (Å²) in [5.74, 6) is -4.76. The Morgan fingerprint density at radius 3 is 2.00 bits per heavy atom. The second-order valence-corrected chi connectivity index (χ2v) is 8.62. The van der Waals surface area contributed by atoms with Gasteiger partial charge in [-0.25, -0.2) is 4.79 Å². The number of aliphatic carboxylic acids is 1. The number of phenolic OH excluding ortho intramolecular Hbond substituents is 1. The second kappa shape index (κ2) is 15.4. The van der Waals surface area contributed by atoms with E-state index in [1.807, 2.05) is 0 Å². The Labute approximate surface area is 213 Å². The fourth-order valence-corrected chi connectivity index (χ4v) is 3.34. The average molecular weight is 525 g/mol. The molecule has 0 saturated carbocycles. The molecule has 4 amide bonds. The van der Waals surface area contributed by atoms with Crippen molar-refractivity contribution in [2.24, 2.45) is 17.2 Å². The summed E-state index contributed by atoms with van der Waals surface area (Å²) >= 11 is 0. The molecule has 0 aliphatic rings. The molecular weight excluding hydrogens is 488 g/mol. The summed E-state index contributed by atoms with van der Waals surface area (Å²) in [6.07, 6.45) is -0.894. The van der Waals surface area contributed by atoms with Gasteiger partial charge in [0.2, 0.25) is 23.6 Å². The van der Waals surface area contributed by atoms with Crippen molar-refractivity contribution in [1.82, 2.24) is 16.0 Å². The molecular formula is C23H36N6O8. The molecule has 0 radical (unpaired) electrons. The van der Waals surface area contributed by atoms with Crippen LogP contribution < -0.4 is 33.2 Å². The van der Waals surface area contributed by atoms with Crippen LogP contribution in [0.15, 0.2) is 24.3 Å². The number of hydrogen-bond donors (Lipinski definition) is 9. The highest BCUT2D eigenvalue weighted by Crippen LogP contribution is 2.12. The van der Waals surface area contributed by atoms with E-state index in [4.69, 9.17) is 17.2 Å². The van der Waals surface area contributed by atoms with Crippen molar-refractivity contribution in [3.63, 3.8) is 0 Å². The third-order valence-corrected chi connectivity index (χ3v) is 5.39. The minimum Gasteiger partial charge on any atom is -0.508 e. The van der Waals surface area contributed by atoms with Crippen molar-refractivity contribution >= 4 is 29.6 Å². The quantitative estimate of drug-likeness (QED) is 0.100. The first-order valence-electron chi connectivity index (χ1n) is 11.7. The Bertz CT molecular complexity index is 940. The number of benzene rings is 1. The molecule has 5 unspecified atom stereocenters. The normalized spacial score (nSPS) is 14.9. The third kappa shape index (κ3) is 11.2. The van der Waals surface area contributed by atoms with Crippen LogP contribution in [0.4, 0.5) is 0 Å². The Morgan fingerprint density at radius 1 is 0.919 bits per heavy atom. The van der Waals surface area contributed by atoms with Gasteiger partial charge < -0.3 is 48.5 Å². The van der Waals surface area contributed by atoms with E-state index < -0.39 is 66.3 Å². The van der Waals surface area contributed by atoms with Gasteiger partial charge in [-0.3, -0.25) is 19.2 Å². The van der Waals surface area contributed by atoms with Crippen molar-refractivity contribution in [2.75, 3.05) is 6.54 Å². The van der Waals surface area contributed by atoms with Crippen LogP contribution in [0.5, 0.6) is 5.75 Å². The fraction of sp³-hybridized carbons (Fsp3) is 0.522. The number of carboxylic acids is 1. The molecule has 14 heteroatoms. The number of nitrogens with two attached hydrogens (primary N) is 3. The van der Waals surface area contributed by atoms with Crippen molar-refractivity contribution in [3.8, 4) is 5.75 Å². The number of rotatable bonds is 16. The minimum absolute atomic E-state index is 0.0139. The molecule has 0 bridgehead atoms. The Balaban J connectivity index is 3.15. The number of unbranched alkanes of at least 4 members (excludes halogenated alkanes) is 1. The zero-order chi connectivity index (χ0) is 28.1. The lowest BCUT2D eigenvalue weighted by atomic mass is 10.0. The van der Waals surface area contributed by atoms with Gasteiger partial charge in [0.05, 0.1) is 18.6 Å². The van der Waals surface area contributed by atoms with Crippen molar-refractivity contribution in [1.29, 1.82) is 0 Å². The summed E-state index contributed by atoms with van der Waals surface area (Å²) in [6, 6.07) is 0.421. The highest BCUT2D eigenvalue weighted by molar-refractivity contribution is 5.95. The van der Waals surface area contributed by atoms with Gasteiger partial charge in [0.15, 0.2) is 6.04 Å². The average Bonchev–Trinajstić information content (AvgIpc) is 2.81. The van der Waals surface area contributed by atoms with E-state index in [0.29, 0.717) is 24.9 Å². The molecule has 0 aliphatic heterocycles. The maximum Gasteiger partial charge on any atom is 0.328 e. The fourth-order valence-electron chi connectivity index (χ4n) is 3.34. The Kier molecular flexibility index (Phi) is 13.0. The predicted octanol–water partition coefficient (Wildman–Crippen LogP) is -2.81. The molecule has 0 aromatic heterocycles. The van der Waals surface area contributed by atoms with E-state index >= 15 is 0 Å². The zero-order valence-electron chi connectivity index (χ0n) is 20.6. The molecule has 206 valence electrons. The summed E-state index contributed by atoms with van der Waals surface area (Å²) in [5, 5.41) is 35.6. The van der Waals surface area contributed by atoms with Crippen molar-refractivity contribution in [2.45, 2.75) is 69.3 Å². The summed E-state index contributed by atoms with van der Waals surface area (Å²) < 4.78 is 0. The number of phenols is 1. The standard InChI is InChI=1S/C23H36N6O8/c1-12(30)19(23(36)37)29-21(34)16(4-2-3-9-24)27-22(35)17(10-13-5-7-14(31)8-6-13)28-20(33)15(25)11-18(26)32/h5-8,12,15-17,19,30-31H,2-4,9-11,24-25H2,1H3,(H2,26,32)(H,27,35)(H,28,33)(H,29,34)(H,36,37). The number of primary amides is 1. The number of hydrogen-bond acceptors (Lipinski definition) is 9. The SMILES string of the molecule is CC(O)C(NC(=O)C(CCCCN)NC(=O)C(Cc1ccc(O)cc1)NC(=O)C(N)CC(N)=O)C(=O)O. The van der Waals surface area contributed by atoms with E-state index in [9.17, 15) is 39.3 Å². The monoisotopic (exact) mass is 524 g/mol. The predicted molar refractivity (Wildman–Crippen MR) is 132 cm³/mol. The summed E-state index contributed by atoms with van der Waals surface area (Å²) in [6.45, 7) is 1.52. The second-order valence-electron chi connectivity index (χ2n) is 8.62. The van der Waals surface area contributed by atoms with E-state index in [2.05, 4.69) is 16.0 Å². The van der Waals surface area contributed by atoms with Crippen LogP contribution in [0.25, 0.3) is 0 Å². The molecule has 1 rings (SSSR count). The molecule has 0 spiro atoms. The summed E-state index contributed by atoms with van der Waals surface area (Å²) in [4.78, 5) is 61.1. The molecule has 0 heterocycles. The van der Waals surface area contributed by atoms with Gasteiger partial charge in [-0.1, -0.05) is 12.1 Å². The lowest BCUT2D eigenvalue weighted by molar-refractivity contribution is -0.145. The highest BCUT2D eigenvalue weighted by Gasteiger charge is 2.32. The molecule has 1 aromatic carbocycles. The van der Waals surface area contributed by atoms with Gasteiger partial charge >= 0.3 is 5.97 Å². The maximum absolute atomic E-state index is 13.2. The number of aromatic hydroxyl groups is 1. The van der Waals surface area contributed by atoms with Gasteiger partial charge in [0.25, 0.3) is 0 Å². The van der Waals surface area contributed by atoms with Crippen LogP contribution in [0.2, 0.25) is 0 Å². The van der Waals surface area contributed by atoms with Gasteiger partial charge in [-0.2, -0.15) is 0 Å². The summed E-state index contributed by atoms with van der Waals surface area (Å²) in [5.41, 5.74) is 16.8. The number of aliphatic hydroxyl groups excluding tert-OH is 1. The molecule has 0 fully saturated rings. The molecule has 0 saturated heterocycles. The van der Waals surface area contributed by atoms with E-state index in [1.54, 1.807) is 0 Å².